The van der Waals surface area contributed by atoms with Crippen LogP contribution in [0.15, 0.2) is 46.7 Å². The van der Waals surface area contributed by atoms with E-state index in [1.165, 1.54) is 0 Å². The first-order valence-corrected chi connectivity index (χ1v) is 8.27. The van der Waals surface area contributed by atoms with Crippen molar-refractivity contribution in [1.29, 1.82) is 0 Å². The van der Waals surface area contributed by atoms with Crippen LogP contribution in [0.25, 0.3) is 11.3 Å². The lowest BCUT2D eigenvalue weighted by Crippen LogP contribution is -2.33. The largest absolute Gasteiger partial charge is 0.443 e. The van der Waals surface area contributed by atoms with Crippen LogP contribution in [0.2, 0.25) is 5.02 Å². The molecule has 0 atom stereocenters. The molecule has 0 unspecified atom stereocenters. The molecule has 0 radical (unpaired) electrons. The molecule has 0 saturated carbocycles. The average molecular weight is 361 g/mol. The number of rotatable bonds is 5. The van der Waals surface area contributed by atoms with Gasteiger partial charge in [-0.3, -0.25) is 4.79 Å². The Morgan fingerprint density at radius 1 is 1.36 bits per heavy atom. The number of aromatic nitrogens is 1. The molecule has 22 heavy (non-hydrogen) atoms. The number of carbonyl (C=O) groups is 1. The number of halogens is 2. The first-order chi connectivity index (χ1) is 10.3. The lowest BCUT2D eigenvalue weighted by atomic mass is 10.1. The summed E-state index contributed by atoms with van der Waals surface area (Å²) in [6.07, 6.45) is 1.03. The number of hydrogen-bond acceptors (Lipinski definition) is 5. The summed E-state index contributed by atoms with van der Waals surface area (Å²) in [5.41, 5.74) is 0.225. The van der Waals surface area contributed by atoms with Gasteiger partial charge < -0.3 is 4.42 Å². The molecule has 0 aliphatic heterocycles. The molecule has 2 aromatic rings. The molecule has 0 fully saturated rings. The summed E-state index contributed by atoms with van der Waals surface area (Å²) in [7, 11) is -3.96. The molecule has 0 spiro atoms. The van der Waals surface area contributed by atoms with Crippen LogP contribution >= 0.6 is 23.2 Å². The molecule has 2 rings (SSSR count). The van der Waals surface area contributed by atoms with Gasteiger partial charge in [0.2, 0.25) is 10.0 Å². The second-order valence-corrected chi connectivity index (χ2v) is 6.88. The lowest BCUT2D eigenvalue weighted by molar-refractivity contribution is 0.0977. The third kappa shape index (κ3) is 3.88. The zero-order chi connectivity index (χ0) is 16.3. The zero-order valence-electron chi connectivity index (χ0n) is 11.0. The Morgan fingerprint density at radius 3 is 2.68 bits per heavy atom. The summed E-state index contributed by atoms with van der Waals surface area (Å²) in [6, 6.07) is 6.63. The van der Waals surface area contributed by atoms with E-state index in [4.69, 9.17) is 27.6 Å². The monoisotopic (exact) mass is 360 g/mol. The fourth-order valence-electron chi connectivity index (χ4n) is 1.68. The zero-order valence-corrected chi connectivity index (χ0v) is 13.4. The topological polar surface area (TPSA) is 89.3 Å². The molecule has 1 heterocycles. The number of sulfonamides is 1. The van der Waals surface area contributed by atoms with Crippen LogP contribution in [-0.2, 0) is 10.0 Å². The van der Waals surface area contributed by atoms with Crippen LogP contribution in [0.1, 0.15) is 10.5 Å². The van der Waals surface area contributed by atoms with Gasteiger partial charge in [0.25, 0.3) is 5.91 Å². The summed E-state index contributed by atoms with van der Waals surface area (Å²) in [5, 5.41) is 0.220. The second kappa shape index (κ2) is 6.51. The maximum Gasteiger partial charge on any atom is 0.287 e. The summed E-state index contributed by atoms with van der Waals surface area (Å²) in [4.78, 5) is 15.8. The number of amides is 1. The lowest BCUT2D eigenvalue weighted by Gasteiger charge is -2.06. The Bertz CT molecular complexity index is 830. The van der Waals surface area contributed by atoms with Crippen molar-refractivity contribution in [2.75, 3.05) is 5.75 Å². The molecular formula is C13H10Cl2N2O4S. The summed E-state index contributed by atoms with van der Waals surface area (Å²) in [6.45, 7) is 3.27. The van der Waals surface area contributed by atoms with E-state index in [0.717, 1.165) is 6.39 Å². The van der Waals surface area contributed by atoms with Gasteiger partial charge in [-0.2, -0.15) is 0 Å². The van der Waals surface area contributed by atoms with E-state index < -0.39 is 21.7 Å². The quantitative estimate of drug-likeness (QED) is 0.885. The molecule has 0 aliphatic rings. The summed E-state index contributed by atoms with van der Waals surface area (Å²) >= 11 is 11.5. The highest BCUT2D eigenvalue weighted by Gasteiger charge is 2.24. The number of oxazole rings is 1. The molecule has 0 aliphatic carbocycles. The van der Waals surface area contributed by atoms with Gasteiger partial charge in [0.05, 0.1) is 5.02 Å². The molecular weight excluding hydrogens is 351 g/mol. The fourth-order valence-corrected chi connectivity index (χ4v) is 3.19. The third-order valence-corrected chi connectivity index (χ3v) is 4.34. The van der Waals surface area contributed by atoms with Crippen LogP contribution in [0.5, 0.6) is 0 Å². The van der Waals surface area contributed by atoms with Gasteiger partial charge in [0, 0.05) is 10.6 Å². The van der Waals surface area contributed by atoms with Gasteiger partial charge in [-0.25, -0.2) is 18.1 Å². The number of nitrogens with one attached hydrogen (secondary N) is 1. The summed E-state index contributed by atoms with van der Waals surface area (Å²) in [5.74, 6) is -1.45. The van der Waals surface area contributed by atoms with E-state index in [-0.39, 0.29) is 16.5 Å². The first-order valence-electron chi connectivity index (χ1n) is 5.86. The van der Waals surface area contributed by atoms with Crippen molar-refractivity contribution in [3.8, 4) is 11.3 Å². The van der Waals surface area contributed by atoms with E-state index in [1.54, 1.807) is 24.3 Å². The van der Waals surface area contributed by atoms with Gasteiger partial charge in [0.15, 0.2) is 17.8 Å². The summed E-state index contributed by atoms with van der Waals surface area (Å²) < 4.78 is 30.4. The van der Waals surface area contributed by atoms with Gasteiger partial charge in [-0.15, -0.1) is 0 Å². The minimum atomic E-state index is -3.96. The van der Waals surface area contributed by atoms with Crippen molar-refractivity contribution in [2.45, 2.75) is 0 Å². The minimum absolute atomic E-state index is 0.0722. The van der Waals surface area contributed by atoms with Crippen LogP contribution in [0, 0.1) is 0 Å². The Labute approximate surface area is 136 Å². The van der Waals surface area contributed by atoms with Gasteiger partial charge in [0.1, 0.15) is 5.75 Å². The van der Waals surface area contributed by atoms with Gasteiger partial charge >= 0.3 is 0 Å². The molecule has 1 N–H and O–H groups in total. The van der Waals surface area contributed by atoms with Crippen molar-refractivity contribution in [1.82, 2.24) is 9.71 Å². The Kier molecular flexibility index (Phi) is 4.90. The van der Waals surface area contributed by atoms with E-state index >= 15 is 0 Å². The molecule has 1 amide bonds. The third-order valence-electron chi connectivity index (χ3n) is 2.50. The van der Waals surface area contributed by atoms with E-state index in [1.807, 2.05) is 4.72 Å². The molecule has 1 aromatic carbocycles. The number of carbonyl (C=O) groups excluding carboxylic acids is 1. The Balaban J connectivity index is 2.32. The predicted molar refractivity (Wildman–Crippen MR) is 83.2 cm³/mol. The van der Waals surface area contributed by atoms with Crippen LogP contribution in [0.4, 0.5) is 0 Å². The van der Waals surface area contributed by atoms with Crippen molar-refractivity contribution >= 4 is 39.1 Å². The predicted octanol–water partition coefficient (Wildman–Crippen LogP) is 2.81. The van der Waals surface area contributed by atoms with Crippen LogP contribution in [-0.4, -0.2) is 25.1 Å². The molecule has 0 bridgehead atoms. The number of nitrogens with zero attached hydrogens (tertiary/aromatic N) is 1. The SMILES string of the molecule is C=C(Cl)CS(=O)(=O)NC(=O)c1ncoc1-c1ccccc1Cl. The standard InChI is InChI=1S/C13H10Cl2N2O4S/c1-8(14)6-22(19,20)17-13(18)11-12(21-7-16-11)9-4-2-3-5-10(9)15/h2-5,7H,1,6H2,(H,17,18). The number of benzene rings is 1. The van der Waals surface area contributed by atoms with E-state index in [2.05, 4.69) is 11.6 Å². The highest BCUT2D eigenvalue weighted by atomic mass is 35.5. The first kappa shape index (κ1) is 16.5. The van der Waals surface area contributed by atoms with Crippen molar-refractivity contribution in [3.05, 3.63) is 53.0 Å². The maximum absolute atomic E-state index is 12.1. The highest BCUT2D eigenvalue weighted by Crippen LogP contribution is 2.29. The molecule has 1 aromatic heterocycles. The fraction of sp³-hybridized carbons (Fsp3) is 0.0769. The van der Waals surface area contributed by atoms with E-state index in [0.29, 0.717) is 10.6 Å². The molecule has 0 saturated heterocycles. The van der Waals surface area contributed by atoms with Crippen molar-refractivity contribution in [3.63, 3.8) is 0 Å². The van der Waals surface area contributed by atoms with Gasteiger partial charge in [-0.1, -0.05) is 41.9 Å². The number of hydrogen-bond donors (Lipinski definition) is 1. The highest BCUT2D eigenvalue weighted by molar-refractivity contribution is 7.90. The van der Waals surface area contributed by atoms with Gasteiger partial charge in [-0.05, 0) is 12.1 Å². The maximum atomic E-state index is 12.1. The molecule has 6 nitrogen and oxygen atoms in total. The van der Waals surface area contributed by atoms with E-state index in [9.17, 15) is 13.2 Å². The van der Waals surface area contributed by atoms with Crippen molar-refractivity contribution in [2.24, 2.45) is 0 Å². The smallest absolute Gasteiger partial charge is 0.287 e. The Morgan fingerprint density at radius 2 is 2.05 bits per heavy atom. The minimum Gasteiger partial charge on any atom is -0.443 e. The second-order valence-electron chi connectivity index (χ2n) is 4.22. The average Bonchev–Trinajstić information content (AvgIpc) is 2.86. The molecule has 116 valence electrons. The van der Waals surface area contributed by atoms with Crippen LogP contribution in [0.3, 0.4) is 0 Å². The Hall–Kier alpha value is -1.83. The van der Waals surface area contributed by atoms with Crippen molar-refractivity contribution < 1.29 is 17.6 Å². The molecule has 9 heteroatoms. The normalized spacial score (nSPS) is 11.2. The van der Waals surface area contributed by atoms with Crippen LogP contribution < -0.4 is 4.72 Å².